The second-order valence-corrected chi connectivity index (χ2v) is 5.13. The molecule has 0 atom stereocenters. The maximum absolute atomic E-state index is 12.2. The lowest BCUT2D eigenvalue weighted by Crippen LogP contribution is -2.57. The smallest absolute Gasteiger partial charge is 0.272 e. The van der Waals surface area contributed by atoms with Gasteiger partial charge in [0.2, 0.25) is 0 Å². The number of anilines is 1. The van der Waals surface area contributed by atoms with Gasteiger partial charge >= 0.3 is 0 Å². The number of hydrogen-bond acceptors (Lipinski definition) is 4. The molecule has 1 fully saturated rings. The number of nitriles is 1. The van der Waals surface area contributed by atoms with E-state index in [2.05, 4.69) is 16.4 Å². The van der Waals surface area contributed by atoms with E-state index in [-0.39, 0.29) is 11.9 Å². The van der Waals surface area contributed by atoms with Crippen molar-refractivity contribution >= 4 is 11.6 Å². The minimum absolute atomic E-state index is 0.00109. The second kappa shape index (κ2) is 5.29. The number of rotatable bonds is 3. The topological polar surface area (TPSA) is 74.0 Å². The number of benzene rings is 1. The summed E-state index contributed by atoms with van der Waals surface area (Å²) in [6, 6.07) is 9.68. The van der Waals surface area contributed by atoms with Gasteiger partial charge in [-0.05, 0) is 18.2 Å². The molecule has 0 radical (unpaired) electrons. The van der Waals surface area contributed by atoms with Gasteiger partial charge in [-0.2, -0.15) is 5.26 Å². The van der Waals surface area contributed by atoms with Crippen LogP contribution in [0, 0.1) is 11.3 Å². The predicted molar refractivity (Wildman–Crippen MR) is 77.7 cm³/mol. The highest BCUT2D eigenvalue weighted by atomic mass is 16.2. The summed E-state index contributed by atoms with van der Waals surface area (Å²) in [5.41, 5.74) is 2.13. The van der Waals surface area contributed by atoms with Crippen LogP contribution in [0.4, 0.5) is 5.69 Å². The van der Waals surface area contributed by atoms with Gasteiger partial charge in [-0.3, -0.25) is 4.79 Å². The molecular weight excluding hydrogens is 266 g/mol. The van der Waals surface area contributed by atoms with E-state index >= 15 is 0 Å². The summed E-state index contributed by atoms with van der Waals surface area (Å²) >= 11 is 0. The molecule has 1 saturated heterocycles. The van der Waals surface area contributed by atoms with Crippen LogP contribution in [0.1, 0.15) is 16.1 Å². The van der Waals surface area contributed by atoms with E-state index in [9.17, 15) is 4.79 Å². The van der Waals surface area contributed by atoms with Crippen LogP contribution in [0.15, 0.2) is 36.8 Å². The first-order chi connectivity index (χ1) is 10.2. The molecule has 0 saturated carbocycles. The van der Waals surface area contributed by atoms with Crippen molar-refractivity contribution in [2.45, 2.75) is 6.04 Å². The Labute approximate surface area is 122 Å². The summed E-state index contributed by atoms with van der Waals surface area (Å²) in [5, 5.41) is 12.2. The summed E-state index contributed by atoms with van der Waals surface area (Å²) in [6.45, 7) is 1.31. The molecule has 1 amide bonds. The number of nitrogens with zero attached hydrogens (tertiary/aromatic N) is 4. The summed E-state index contributed by atoms with van der Waals surface area (Å²) < 4.78 is 1.72. The number of amides is 1. The minimum atomic E-state index is -0.00109. The highest BCUT2D eigenvalue weighted by molar-refractivity contribution is 5.93. The SMILES string of the molecule is Cn1cncc1C(=O)N1CC(Nc2cccc(C#N)c2)C1. The van der Waals surface area contributed by atoms with E-state index in [4.69, 9.17) is 5.26 Å². The first-order valence-electron chi connectivity index (χ1n) is 6.69. The van der Waals surface area contributed by atoms with Gasteiger partial charge < -0.3 is 14.8 Å². The molecule has 1 aliphatic rings. The van der Waals surface area contributed by atoms with Crippen LogP contribution in [0.25, 0.3) is 0 Å². The molecule has 3 rings (SSSR count). The second-order valence-electron chi connectivity index (χ2n) is 5.13. The summed E-state index contributed by atoms with van der Waals surface area (Å²) in [6.07, 6.45) is 3.20. The van der Waals surface area contributed by atoms with Crippen LogP contribution in [0.5, 0.6) is 0 Å². The first kappa shape index (κ1) is 13.2. The van der Waals surface area contributed by atoms with Crippen molar-refractivity contribution in [1.29, 1.82) is 5.26 Å². The fraction of sp³-hybridized carbons (Fsp3) is 0.267. The monoisotopic (exact) mass is 281 g/mol. The minimum Gasteiger partial charge on any atom is -0.379 e. The molecule has 1 aromatic heterocycles. The Hall–Kier alpha value is -2.81. The average molecular weight is 281 g/mol. The summed E-state index contributed by atoms with van der Waals surface area (Å²) in [5.74, 6) is -0.00109. The maximum atomic E-state index is 12.2. The van der Waals surface area contributed by atoms with Gasteiger partial charge in [0.15, 0.2) is 0 Å². The Kier molecular flexibility index (Phi) is 3.32. The Morgan fingerprint density at radius 2 is 2.29 bits per heavy atom. The zero-order valence-electron chi connectivity index (χ0n) is 11.7. The molecular formula is C15H15N5O. The van der Waals surface area contributed by atoms with E-state index in [1.807, 2.05) is 25.2 Å². The highest BCUT2D eigenvalue weighted by Gasteiger charge is 2.32. The van der Waals surface area contributed by atoms with Crippen LogP contribution >= 0.6 is 0 Å². The van der Waals surface area contributed by atoms with Crippen LogP contribution in [-0.4, -0.2) is 39.5 Å². The molecule has 0 aliphatic carbocycles. The normalized spacial score (nSPS) is 14.4. The van der Waals surface area contributed by atoms with E-state index in [0.29, 0.717) is 24.3 Å². The number of aryl methyl sites for hydroxylation is 1. The van der Waals surface area contributed by atoms with Crippen molar-refractivity contribution in [2.24, 2.45) is 7.05 Å². The Morgan fingerprint density at radius 3 is 2.95 bits per heavy atom. The number of hydrogen-bond donors (Lipinski definition) is 1. The van der Waals surface area contributed by atoms with Crippen molar-refractivity contribution in [3.8, 4) is 6.07 Å². The highest BCUT2D eigenvalue weighted by Crippen LogP contribution is 2.18. The van der Waals surface area contributed by atoms with Crippen LogP contribution in [0.2, 0.25) is 0 Å². The molecule has 6 nitrogen and oxygen atoms in total. The van der Waals surface area contributed by atoms with E-state index < -0.39 is 0 Å². The lowest BCUT2D eigenvalue weighted by molar-refractivity contribution is 0.0615. The maximum Gasteiger partial charge on any atom is 0.272 e. The van der Waals surface area contributed by atoms with E-state index in [0.717, 1.165) is 5.69 Å². The molecule has 0 unspecified atom stereocenters. The molecule has 106 valence electrons. The molecule has 1 aliphatic heterocycles. The number of nitrogens with one attached hydrogen (secondary N) is 1. The first-order valence-corrected chi connectivity index (χ1v) is 6.69. The van der Waals surface area contributed by atoms with E-state index in [1.165, 1.54) is 0 Å². The van der Waals surface area contributed by atoms with Gasteiger partial charge in [0.25, 0.3) is 5.91 Å². The summed E-state index contributed by atoms with van der Waals surface area (Å²) in [4.78, 5) is 17.9. The van der Waals surface area contributed by atoms with Crippen LogP contribution in [0.3, 0.4) is 0 Å². The van der Waals surface area contributed by atoms with Crippen LogP contribution in [-0.2, 0) is 7.05 Å². The van der Waals surface area contributed by atoms with Gasteiger partial charge in [0.1, 0.15) is 5.69 Å². The standard InChI is InChI=1S/C15H15N5O/c1-19-10-17-7-14(19)15(21)20-8-13(9-20)18-12-4-2-3-11(5-12)6-16/h2-5,7,10,13,18H,8-9H2,1H3. The number of carbonyl (C=O) groups is 1. The third-order valence-electron chi connectivity index (χ3n) is 3.57. The molecule has 0 bridgehead atoms. The Bertz CT molecular complexity index is 709. The van der Waals surface area contributed by atoms with Gasteiger partial charge in [0.05, 0.1) is 30.2 Å². The van der Waals surface area contributed by atoms with Crippen molar-refractivity contribution in [3.63, 3.8) is 0 Å². The fourth-order valence-electron chi connectivity index (χ4n) is 2.38. The van der Waals surface area contributed by atoms with Crippen molar-refractivity contribution in [2.75, 3.05) is 18.4 Å². The van der Waals surface area contributed by atoms with Crippen molar-refractivity contribution in [1.82, 2.24) is 14.5 Å². The molecule has 21 heavy (non-hydrogen) atoms. The zero-order chi connectivity index (χ0) is 14.8. The fourth-order valence-corrected chi connectivity index (χ4v) is 2.38. The Balaban J connectivity index is 1.58. The van der Waals surface area contributed by atoms with Gasteiger partial charge in [0, 0.05) is 25.8 Å². The summed E-state index contributed by atoms with van der Waals surface area (Å²) in [7, 11) is 1.81. The Morgan fingerprint density at radius 1 is 1.48 bits per heavy atom. The van der Waals surface area contributed by atoms with Gasteiger partial charge in [-0.25, -0.2) is 4.98 Å². The lowest BCUT2D eigenvalue weighted by atomic mass is 10.1. The molecule has 0 spiro atoms. The molecule has 1 aromatic carbocycles. The largest absolute Gasteiger partial charge is 0.379 e. The third-order valence-corrected chi connectivity index (χ3v) is 3.57. The molecule has 6 heteroatoms. The third kappa shape index (κ3) is 2.58. The number of imidazole rings is 1. The van der Waals surface area contributed by atoms with Gasteiger partial charge in [-0.1, -0.05) is 6.07 Å². The van der Waals surface area contributed by atoms with Crippen LogP contribution < -0.4 is 5.32 Å². The number of aromatic nitrogens is 2. The van der Waals surface area contributed by atoms with Crippen molar-refractivity contribution in [3.05, 3.63) is 48.0 Å². The number of carbonyl (C=O) groups excluding carboxylic acids is 1. The quantitative estimate of drug-likeness (QED) is 0.918. The van der Waals surface area contributed by atoms with E-state index in [1.54, 1.807) is 28.1 Å². The average Bonchev–Trinajstić information content (AvgIpc) is 2.88. The predicted octanol–water partition coefficient (Wildman–Crippen LogP) is 1.23. The lowest BCUT2D eigenvalue weighted by Gasteiger charge is -2.40. The molecule has 2 heterocycles. The zero-order valence-corrected chi connectivity index (χ0v) is 11.7. The van der Waals surface area contributed by atoms with Crippen molar-refractivity contribution < 1.29 is 4.79 Å². The molecule has 2 aromatic rings. The van der Waals surface area contributed by atoms with Gasteiger partial charge in [-0.15, -0.1) is 0 Å². The molecule has 1 N–H and O–H groups in total. The number of likely N-dealkylation sites (tertiary alicyclic amines) is 1.